The second-order valence-corrected chi connectivity index (χ2v) is 5.81. The maximum absolute atomic E-state index is 12.1. The summed E-state index contributed by atoms with van der Waals surface area (Å²) in [6, 6.07) is 5.05. The highest BCUT2D eigenvalue weighted by atomic mass is 79.9. The van der Waals surface area contributed by atoms with Crippen molar-refractivity contribution in [2.24, 2.45) is 0 Å². The topological polar surface area (TPSA) is 83.5 Å². The fourth-order valence-electron chi connectivity index (χ4n) is 2.15. The number of amides is 1. The van der Waals surface area contributed by atoms with Gasteiger partial charge in [-0.3, -0.25) is 14.4 Å². The Morgan fingerprint density at radius 3 is 2.80 bits per heavy atom. The number of benzene rings is 1. The normalized spacial score (nSPS) is 15.8. The van der Waals surface area contributed by atoms with E-state index in [0.717, 1.165) is 24.1 Å². The molecule has 1 aliphatic rings. The minimum absolute atomic E-state index is 0.0212. The Kier molecular flexibility index (Phi) is 4.54. The van der Waals surface area contributed by atoms with Crippen LogP contribution < -0.4 is 5.32 Å². The molecule has 0 bridgehead atoms. The summed E-state index contributed by atoms with van der Waals surface area (Å²) >= 11 is 3.10. The first-order valence-corrected chi connectivity index (χ1v) is 7.22. The first kappa shape index (κ1) is 14.7. The van der Waals surface area contributed by atoms with Crippen molar-refractivity contribution < 1.29 is 19.5 Å². The van der Waals surface area contributed by atoms with E-state index in [4.69, 9.17) is 5.11 Å². The summed E-state index contributed by atoms with van der Waals surface area (Å²) in [5, 5.41) is 11.5. The number of ketones is 1. The predicted octanol–water partition coefficient (Wildman–Crippen LogP) is 2.38. The van der Waals surface area contributed by atoms with E-state index in [1.807, 2.05) is 0 Å². The standard InChI is InChI=1S/C14H14BrNO4/c15-10(7-13(18)19)14(20)9-4-5-11-8(6-9)2-1-3-12(17)16-11/h4-6,10H,1-3,7H2,(H,16,17)(H,18,19). The molecule has 0 saturated heterocycles. The predicted molar refractivity (Wildman–Crippen MR) is 77.3 cm³/mol. The molecule has 2 N–H and O–H groups in total. The van der Waals surface area contributed by atoms with Crippen LogP contribution in [0, 0.1) is 0 Å². The van der Waals surface area contributed by atoms with E-state index in [-0.39, 0.29) is 18.1 Å². The maximum Gasteiger partial charge on any atom is 0.304 e. The van der Waals surface area contributed by atoms with Crippen LogP contribution in [0.4, 0.5) is 5.69 Å². The zero-order valence-electron chi connectivity index (χ0n) is 10.7. The molecular formula is C14H14BrNO4. The first-order chi connectivity index (χ1) is 9.47. The summed E-state index contributed by atoms with van der Waals surface area (Å²) in [4.78, 5) is 33.5. The fraction of sp³-hybridized carbons (Fsp3) is 0.357. The van der Waals surface area contributed by atoms with E-state index in [2.05, 4.69) is 21.2 Å². The van der Waals surface area contributed by atoms with Gasteiger partial charge >= 0.3 is 5.97 Å². The number of carboxylic acids is 1. The number of halogens is 1. The largest absolute Gasteiger partial charge is 0.481 e. The first-order valence-electron chi connectivity index (χ1n) is 6.30. The third-order valence-corrected chi connectivity index (χ3v) is 3.89. The van der Waals surface area contributed by atoms with Crippen LogP contribution in [0.2, 0.25) is 0 Å². The van der Waals surface area contributed by atoms with Gasteiger partial charge in [0.15, 0.2) is 5.78 Å². The Hall–Kier alpha value is -1.69. The summed E-state index contributed by atoms with van der Waals surface area (Å²) in [7, 11) is 0. The Morgan fingerprint density at radius 2 is 2.10 bits per heavy atom. The van der Waals surface area contributed by atoms with Gasteiger partial charge in [0.2, 0.25) is 5.91 Å². The van der Waals surface area contributed by atoms with Crippen molar-refractivity contribution in [1.82, 2.24) is 0 Å². The molecule has 1 unspecified atom stereocenters. The van der Waals surface area contributed by atoms with Crippen LogP contribution in [0.25, 0.3) is 0 Å². The summed E-state index contributed by atoms with van der Waals surface area (Å²) in [5.41, 5.74) is 2.10. The molecule has 0 saturated carbocycles. The van der Waals surface area contributed by atoms with E-state index in [0.29, 0.717) is 12.0 Å². The van der Waals surface area contributed by atoms with Gasteiger partial charge in [-0.15, -0.1) is 0 Å². The summed E-state index contributed by atoms with van der Waals surface area (Å²) < 4.78 is 0. The number of Topliss-reactive ketones (excluding diaryl/α,β-unsaturated/α-hetero) is 1. The lowest BCUT2D eigenvalue weighted by Gasteiger charge is -2.10. The molecule has 1 aromatic carbocycles. The zero-order valence-corrected chi connectivity index (χ0v) is 12.3. The summed E-state index contributed by atoms with van der Waals surface area (Å²) in [6.07, 6.45) is 1.68. The van der Waals surface area contributed by atoms with Gasteiger partial charge in [0, 0.05) is 17.7 Å². The van der Waals surface area contributed by atoms with Crippen molar-refractivity contribution in [3.8, 4) is 0 Å². The van der Waals surface area contributed by atoms with Crippen LogP contribution in [-0.4, -0.2) is 27.6 Å². The fourth-order valence-corrected chi connectivity index (χ4v) is 2.70. The second kappa shape index (κ2) is 6.17. The summed E-state index contributed by atoms with van der Waals surface area (Å²) in [6.45, 7) is 0. The molecule has 1 heterocycles. The minimum atomic E-state index is -1.03. The van der Waals surface area contributed by atoms with Crippen LogP contribution >= 0.6 is 15.9 Å². The van der Waals surface area contributed by atoms with Gasteiger partial charge in [-0.05, 0) is 36.6 Å². The molecule has 0 spiro atoms. The Balaban J connectivity index is 2.22. The molecule has 20 heavy (non-hydrogen) atoms. The number of aliphatic carboxylic acids is 1. The third-order valence-electron chi connectivity index (χ3n) is 3.15. The molecule has 2 rings (SSSR count). The molecule has 1 aromatic rings. The lowest BCUT2D eigenvalue weighted by molar-refractivity contribution is -0.136. The average molecular weight is 340 g/mol. The molecule has 5 nitrogen and oxygen atoms in total. The third kappa shape index (κ3) is 3.45. The van der Waals surface area contributed by atoms with Crippen LogP contribution in [0.15, 0.2) is 18.2 Å². The number of fused-ring (bicyclic) bond motifs is 1. The second-order valence-electron chi connectivity index (χ2n) is 4.70. The Bertz CT molecular complexity index is 570. The van der Waals surface area contributed by atoms with Gasteiger partial charge in [-0.25, -0.2) is 0 Å². The highest BCUT2D eigenvalue weighted by Gasteiger charge is 2.21. The van der Waals surface area contributed by atoms with Gasteiger partial charge in [0.05, 0.1) is 11.2 Å². The highest BCUT2D eigenvalue weighted by molar-refractivity contribution is 9.10. The van der Waals surface area contributed by atoms with E-state index in [1.165, 1.54) is 0 Å². The Morgan fingerprint density at radius 1 is 1.35 bits per heavy atom. The number of alkyl halides is 1. The van der Waals surface area contributed by atoms with Crippen molar-refractivity contribution in [2.75, 3.05) is 5.32 Å². The molecule has 106 valence electrons. The monoisotopic (exact) mass is 339 g/mol. The van der Waals surface area contributed by atoms with Gasteiger partial charge in [-0.2, -0.15) is 0 Å². The van der Waals surface area contributed by atoms with E-state index < -0.39 is 10.8 Å². The van der Waals surface area contributed by atoms with Gasteiger partial charge in [0.1, 0.15) is 0 Å². The highest BCUT2D eigenvalue weighted by Crippen LogP contribution is 2.25. The van der Waals surface area contributed by atoms with Crippen LogP contribution in [0.1, 0.15) is 35.2 Å². The maximum atomic E-state index is 12.1. The van der Waals surface area contributed by atoms with Crippen molar-refractivity contribution in [1.29, 1.82) is 0 Å². The van der Waals surface area contributed by atoms with E-state index in [9.17, 15) is 14.4 Å². The number of rotatable bonds is 4. The minimum Gasteiger partial charge on any atom is -0.481 e. The smallest absolute Gasteiger partial charge is 0.304 e. The van der Waals surface area contributed by atoms with Gasteiger partial charge < -0.3 is 10.4 Å². The number of hydrogen-bond acceptors (Lipinski definition) is 3. The zero-order chi connectivity index (χ0) is 14.7. The van der Waals surface area contributed by atoms with Crippen molar-refractivity contribution in [2.45, 2.75) is 30.5 Å². The number of hydrogen-bond donors (Lipinski definition) is 2. The summed E-state index contributed by atoms with van der Waals surface area (Å²) in [5.74, 6) is -1.31. The molecule has 0 fully saturated rings. The van der Waals surface area contributed by atoms with Gasteiger partial charge in [-0.1, -0.05) is 15.9 Å². The number of carbonyl (C=O) groups excluding carboxylic acids is 2. The molecule has 1 amide bonds. The lowest BCUT2D eigenvalue weighted by Crippen LogP contribution is -2.18. The van der Waals surface area contributed by atoms with E-state index in [1.54, 1.807) is 18.2 Å². The Labute approximate surface area is 124 Å². The van der Waals surface area contributed by atoms with Crippen molar-refractivity contribution >= 4 is 39.3 Å². The molecule has 0 aromatic heterocycles. The molecule has 1 atom stereocenters. The number of carboxylic acid groups (broad SMARTS) is 1. The molecule has 0 radical (unpaired) electrons. The van der Waals surface area contributed by atoms with Crippen LogP contribution in [-0.2, 0) is 16.0 Å². The molecule has 6 heteroatoms. The SMILES string of the molecule is O=C(O)CC(Br)C(=O)c1ccc2c(c1)CCCC(=O)N2. The molecule has 1 aliphatic heterocycles. The average Bonchev–Trinajstić information content (AvgIpc) is 2.56. The van der Waals surface area contributed by atoms with Gasteiger partial charge in [0.25, 0.3) is 0 Å². The van der Waals surface area contributed by atoms with Crippen molar-refractivity contribution in [3.05, 3.63) is 29.3 Å². The van der Waals surface area contributed by atoms with Crippen molar-refractivity contribution in [3.63, 3.8) is 0 Å². The van der Waals surface area contributed by atoms with Crippen LogP contribution in [0.3, 0.4) is 0 Å². The molecular weight excluding hydrogens is 326 g/mol. The number of aryl methyl sites for hydroxylation is 1. The molecule has 0 aliphatic carbocycles. The number of anilines is 1. The lowest BCUT2D eigenvalue weighted by atomic mass is 10.00. The quantitative estimate of drug-likeness (QED) is 0.651. The van der Waals surface area contributed by atoms with Crippen LogP contribution in [0.5, 0.6) is 0 Å². The number of carbonyl (C=O) groups is 3. The van der Waals surface area contributed by atoms with E-state index >= 15 is 0 Å². The number of nitrogens with one attached hydrogen (secondary N) is 1.